The van der Waals surface area contributed by atoms with E-state index in [-0.39, 0.29) is 5.75 Å². The summed E-state index contributed by atoms with van der Waals surface area (Å²) in [5.41, 5.74) is 0.371. The first kappa shape index (κ1) is 15.1. The van der Waals surface area contributed by atoms with Crippen LogP contribution >= 0.6 is 0 Å². The Kier molecular flexibility index (Phi) is 7.00. The molecule has 6 heteroatoms. The van der Waals surface area contributed by atoms with E-state index in [0.29, 0.717) is 31.5 Å². The number of carboxylic acid groups (broad SMARTS) is 1. The molecular weight excluding hydrogens is 230 g/mol. The van der Waals surface area contributed by atoms with E-state index in [2.05, 4.69) is 5.32 Å². The predicted octanol–water partition coefficient (Wildman–Crippen LogP) is 0.432. The summed E-state index contributed by atoms with van der Waals surface area (Å²) in [5.74, 6) is -0.746. The van der Waals surface area contributed by atoms with Crippen molar-refractivity contribution < 1.29 is 18.3 Å². The van der Waals surface area contributed by atoms with Crippen LogP contribution in [0.15, 0.2) is 11.6 Å². The van der Waals surface area contributed by atoms with Gasteiger partial charge in [-0.25, -0.2) is 13.2 Å². The van der Waals surface area contributed by atoms with Crippen molar-refractivity contribution in [3.63, 3.8) is 0 Å². The Morgan fingerprint density at radius 3 is 2.50 bits per heavy atom. The summed E-state index contributed by atoms with van der Waals surface area (Å²) in [5, 5.41) is 11.7. The van der Waals surface area contributed by atoms with Crippen LogP contribution in [0.1, 0.15) is 19.8 Å². The zero-order chi connectivity index (χ0) is 12.6. The molecule has 0 aliphatic carbocycles. The van der Waals surface area contributed by atoms with Gasteiger partial charge in [-0.1, -0.05) is 13.0 Å². The molecule has 0 saturated heterocycles. The van der Waals surface area contributed by atoms with Crippen molar-refractivity contribution in [2.45, 2.75) is 19.8 Å². The van der Waals surface area contributed by atoms with Gasteiger partial charge in [-0.05, 0) is 19.4 Å². The summed E-state index contributed by atoms with van der Waals surface area (Å²) in [6.45, 7) is 2.81. The fraction of sp³-hybridized carbons (Fsp3) is 0.700. The minimum absolute atomic E-state index is 0.156. The molecular formula is C10H19NO4S. The molecule has 0 heterocycles. The second-order valence-electron chi connectivity index (χ2n) is 3.58. The second kappa shape index (κ2) is 7.40. The number of carboxylic acids is 1. The van der Waals surface area contributed by atoms with Gasteiger partial charge in [0, 0.05) is 18.4 Å². The lowest BCUT2D eigenvalue weighted by atomic mass is 10.2. The third-order valence-corrected chi connectivity index (χ3v) is 3.05. The van der Waals surface area contributed by atoms with Gasteiger partial charge < -0.3 is 10.4 Å². The summed E-state index contributed by atoms with van der Waals surface area (Å²) in [7, 11) is -2.90. The monoisotopic (exact) mass is 249 g/mol. The van der Waals surface area contributed by atoms with E-state index in [1.807, 2.05) is 0 Å². The molecule has 0 aromatic rings. The van der Waals surface area contributed by atoms with Gasteiger partial charge in [0.15, 0.2) is 0 Å². The fourth-order valence-electron chi connectivity index (χ4n) is 1.14. The van der Waals surface area contributed by atoms with Crippen LogP contribution in [0.3, 0.4) is 0 Å². The smallest absolute Gasteiger partial charge is 0.331 e. The highest BCUT2D eigenvalue weighted by molar-refractivity contribution is 7.90. The first-order valence-electron chi connectivity index (χ1n) is 5.17. The molecule has 2 N–H and O–H groups in total. The normalized spacial score (nSPS) is 12.8. The predicted molar refractivity (Wildman–Crippen MR) is 63.2 cm³/mol. The van der Waals surface area contributed by atoms with E-state index in [1.165, 1.54) is 6.26 Å². The lowest BCUT2D eigenvalue weighted by molar-refractivity contribution is -0.132. The first-order chi connectivity index (χ1) is 7.37. The van der Waals surface area contributed by atoms with E-state index in [0.717, 1.165) is 0 Å². The van der Waals surface area contributed by atoms with Crippen molar-refractivity contribution in [2.75, 3.05) is 25.1 Å². The van der Waals surface area contributed by atoms with E-state index in [1.54, 1.807) is 13.0 Å². The van der Waals surface area contributed by atoms with Gasteiger partial charge in [-0.3, -0.25) is 0 Å². The van der Waals surface area contributed by atoms with E-state index >= 15 is 0 Å². The molecule has 0 saturated carbocycles. The van der Waals surface area contributed by atoms with E-state index < -0.39 is 15.8 Å². The van der Waals surface area contributed by atoms with Crippen LogP contribution in [0.25, 0.3) is 0 Å². The standard InChI is InChI=1S/C10H19NO4S/c1-3-9(10(12)13)5-7-11-6-4-8-16(2,14)15/h5,11H,3-4,6-8H2,1-2H3,(H,12,13). The molecule has 0 aromatic carbocycles. The van der Waals surface area contributed by atoms with Gasteiger partial charge >= 0.3 is 5.97 Å². The second-order valence-corrected chi connectivity index (χ2v) is 5.84. The molecule has 16 heavy (non-hydrogen) atoms. The number of rotatable bonds is 8. The number of nitrogens with one attached hydrogen (secondary N) is 1. The van der Waals surface area contributed by atoms with Crippen molar-refractivity contribution in [3.8, 4) is 0 Å². The van der Waals surface area contributed by atoms with Crippen molar-refractivity contribution in [1.82, 2.24) is 5.32 Å². The van der Waals surface area contributed by atoms with Gasteiger partial charge in [-0.2, -0.15) is 0 Å². The SMILES string of the molecule is CCC(=CCNCCCS(C)(=O)=O)C(=O)O. The van der Waals surface area contributed by atoms with Crippen molar-refractivity contribution >= 4 is 15.8 Å². The maximum absolute atomic E-state index is 10.8. The Bertz CT molecular complexity index is 346. The summed E-state index contributed by atoms with van der Waals surface area (Å²) >= 11 is 0. The molecule has 0 aliphatic rings. The fourth-order valence-corrected chi connectivity index (χ4v) is 1.81. The Hall–Kier alpha value is -0.880. The molecule has 0 radical (unpaired) electrons. The van der Waals surface area contributed by atoms with Crippen LogP contribution in [0.4, 0.5) is 0 Å². The maximum Gasteiger partial charge on any atom is 0.331 e. The van der Waals surface area contributed by atoms with Gasteiger partial charge in [-0.15, -0.1) is 0 Å². The van der Waals surface area contributed by atoms with Crippen LogP contribution in [0, 0.1) is 0 Å². The highest BCUT2D eigenvalue weighted by Gasteiger charge is 2.03. The molecule has 5 nitrogen and oxygen atoms in total. The van der Waals surface area contributed by atoms with Gasteiger partial charge in [0.2, 0.25) is 0 Å². The van der Waals surface area contributed by atoms with E-state index in [9.17, 15) is 13.2 Å². The lowest BCUT2D eigenvalue weighted by Gasteiger charge is -2.02. The zero-order valence-corrected chi connectivity index (χ0v) is 10.5. The third kappa shape index (κ3) is 8.43. The highest BCUT2D eigenvalue weighted by Crippen LogP contribution is 1.98. The molecule has 0 bridgehead atoms. The number of sulfone groups is 1. The Balaban J connectivity index is 3.71. The largest absolute Gasteiger partial charge is 0.478 e. The quantitative estimate of drug-likeness (QED) is 0.481. The van der Waals surface area contributed by atoms with Crippen LogP contribution in [0.2, 0.25) is 0 Å². The van der Waals surface area contributed by atoms with Gasteiger partial charge in [0.25, 0.3) is 0 Å². The molecule has 0 amide bonds. The third-order valence-electron chi connectivity index (χ3n) is 2.02. The molecule has 0 atom stereocenters. The summed E-state index contributed by atoms with van der Waals surface area (Å²) in [6, 6.07) is 0. The molecule has 0 spiro atoms. The highest BCUT2D eigenvalue weighted by atomic mass is 32.2. The Morgan fingerprint density at radius 2 is 2.06 bits per heavy atom. The molecule has 94 valence electrons. The Morgan fingerprint density at radius 1 is 1.44 bits per heavy atom. The number of hydrogen-bond acceptors (Lipinski definition) is 4. The molecule has 0 fully saturated rings. The minimum atomic E-state index is -2.90. The average Bonchev–Trinajstić information content (AvgIpc) is 2.14. The number of carbonyl (C=O) groups is 1. The summed E-state index contributed by atoms with van der Waals surface area (Å²) < 4.78 is 21.6. The summed E-state index contributed by atoms with van der Waals surface area (Å²) in [6.07, 6.45) is 3.84. The van der Waals surface area contributed by atoms with Gasteiger partial charge in [0.1, 0.15) is 9.84 Å². The topological polar surface area (TPSA) is 83.5 Å². The zero-order valence-electron chi connectivity index (χ0n) is 9.69. The van der Waals surface area contributed by atoms with Crippen LogP contribution in [-0.2, 0) is 14.6 Å². The molecule has 0 aliphatic heterocycles. The molecule has 0 aromatic heterocycles. The number of aliphatic carboxylic acids is 1. The van der Waals surface area contributed by atoms with Crippen molar-refractivity contribution in [1.29, 1.82) is 0 Å². The Labute approximate surface area is 96.5 Å². The minimum Gasteiger partial charge on any atom is -0.478 e. The van der Waals surface area contributed by atoms with Crippen LogP contribution in [-0.4, -0.2) is 44.6 Å². The van der Waals surface area contributed by atoms with Crippen LogP contribution < -0.4 is 5.32 Å². The maximum atomic E-state index is 10.8. The van der Waals surface area contributed by atoms with Crippen molar-refractivity contribution in [3.05, 3.63) is 11.6 Å². The van der Waals surface area contributed by atoms with Crippen LogP contribution in [0.5, 0.6) is 0 Å². The molecule has 0 unspecified atom stereocenters. The van der Waals surface area contributed by atoms with Gasteiger partial charge in [0.05, 0.1) is 5.75 Å². The average molecular weight is 249 g/mol. The van der Waals surface area contributed by atoms with E-state index in [4.69, 9.17) is 5.11 Å². The first-order valence-corrected chi connectivity index (χ1v) is 7.23. The lowest BCUT2D eigenvalue weighted by Crippen LogP contribution is -2.19. The number of hydrogen-bond donors (Lipinski definition) is 2. The molecule has 0 rings (SSSR count). The van der Waals surface area contributed by atoms with Crippen molar-refractivity contribution in [2.24, 2.45) is 0 Å². The summed E-state index contributed by atoms with van der Waals surface area (Å²) in [4.78, 5) is 10.6.